The topological polar surface area (TPSA) is 478 Å². The molecule has 0 spiro atoms. The Bertz CT molecular complexity index is 4180. The average Bonchev–Trinajstić information content (AvgIpc) is 3.14. The van der Waals surface area contributed by atoms with Gasteiger partial charge in [-0.15, -0.1) is 11.8 Å². The number of aromatic carboxylic acids is 1. The van der Waals surface area contributed by atoms with Crippen molar-refractivity contribution in [1.82, 2.24) is 35.5 Å². The van der Waals surface area contributed by atoms with Gasteiger partial charge in [0, 0.05) is 71.3 Å². The van der Waals surface area contributed by atoms with Crippen LogP contribution in [-0.2, 0) is 50.8 Å². The van der Waals surface area contributed by atoms with Crippen LogP contribution in [0.25, 0.3) is 23.3 Å². The first-order chi connectivity index (χ1) is 39.1. The van der Waals surface area contributed by atoms with E-state index in [1.54, 1.807) is 0 Å². The summed E-state index contributed by atoms with van der Waals surface area (Å²) < 4.78 is 76.4. The molecule has 1 saturated heterocycles. The summed E-state index contributed by atoms with van der Waals surface area (Å²) in [6, 6.07) is 12.2. The molecular weight excluding hydrogens is 1150 g/mol. The molecule has 0 saturated carbocycles. The second-order valence-corrected chi connectivity index (χ2v) is 22.5. The number of nitrogens with two attached hydrogens (primary N) is 2. The van der Waals surface area contributed by atoms with Crippen LogP contribution in [0.3, 0.4) is 0 Å². The number of anilines is 3. The number of ketones is 1. The van der Waals surface area contributed by atoms with Crippen molar-refractivity contribution in [2.45, 2.75) is 53.3 Å². The van der Waals surface area contributed by atoms with Gasteiger partial charge < -0.3 is 47.5 Å². The van der Waals surface area contributed by atoms with Crippen LogP contribution >= 0.6 is 11.8 Å². The highest BCUT2D eigenvalue weighted by Crippen LogP contribution is 2.44. The molecule has 0 radical (unpaired) electrons. The number of carbonyl (C=O) groups excluding carboxylic acids is 5. The number of hydrogen-bond acceptors (Lipinski definition) is 21. The van der Waals surface area contributed by atoms with Gasteiger partial charge in [0.2, 0.25) is 17.8 Å². The lowest BCUT2D eigenvalue weighted by Gasteiger charge is -2.25. The second kappa shape index (κ2) is 23.8. The van der Waals surface area contributed by atoms with Gasteiger partial charge >= 0.3 is 17.9 Å². The summed E-state index contributed by atoms with van der Waals surface area (Å²) in [5, 5.41) is 36.5. The number of nitrogens with one attached hydrogen (secondary N) is 4. The third-order valence-electron chi connectivity index (χ3n) is 12.9. The zero-order chi connectivity index (χ0) is 60.4. The van der Waals surface area contributed by atoms with Crippen molar-refractivity contribution in [3.05, 3.63) is 127 Å². The number of amides is 4. The normalized spacial score (nSPS) is 14.7. The molecule has 4 amide bonds. The van der Waals surface area contributed by atoms with Crippen LogP contribution in [0, 0.1) is 5.92 Å². The number of rotatable bonds is 23. The number of aromatic amines is 1. The molecule has 8 rings (SSSR count). The van der Waals surface area contributed by atoms with E-state index in [9.17, 15) is 84.4 Å². The van der Waals surface area contributed by atoms with Gasteiger partial charge in [-0.2, -0.15) is 21.8 Å². The van der Waals surface area contributed by atoms with E-state index < -0.39 is 142 Å². The second-order valence-electron chi connectivity index (χ2n) is 18.5. The molecule has 4 aromatic carbocycles. The predicted octanol–water partition coefficient (Wildman–Crippen LogP) is 0.358. The Morgan fingerprint density at radius 3 is 2.19 bits per heavy atom. The molecule has 29 nitrogen and oxygen atoms in total. The van der Waals surface area contributed by atoms with Crippen LogP contribution in [0.1, 0.15) is 73.6 Å². The summed E-state index contributed by atoms with van der Waals surface area (Å²) in [7, 11) is -10.4. The van der Waals surface area contributed by atoms with Gasteiger partial charge in [0.25, 0.3) is 37.6 Å². The van der Waals surface area contributed by atoms with Gasteiger partial charge in [0.15, 0.2) is 27.6 Å². The standard InChI is InChI=1S/C51H46N10O19S3/c1-22-2-9-30-37(31-11-12-33(52)42(83(77,78)79)40(31)80-39(30)41(22)82(74,75)76)29-10-5-24(17-32(29)49(70)71)44(64)54-14-15-61-36(63)18-35(47(61)67)81-21-25(48(68)69)16-28(62)8-13-34(50(72)73)58-45(65)23-3-6-26(7-4-23)55-19-27-20-56-43-38(57-27)46(66)60-51(53)59-43/h2-7,9-12,17,20,25,34-35,55H,1,8,13-16,18-19,21,52H2,(H,54,64)(H,58,65)(H,68,69)(H,70,71)(H,72,73)(H,74,75,76)(H,77,78,79)(H3,53,56,59,60,66)/t25-,34-,35?/m0/s1. The molecule has 3 atom stereocenters. The van der Waals surface area contributed by atoms with Gasteiger partial charge in [-0.25, -0.2) is 19.6 Å². The van der Waals surface area contributed by atoms with Gasteiger partial charge in [-0.3, -0.25) is 52.6 Å². The Kier molecular flexibility index (Phi) is 17.1. The zero-order valence-corrected chi connectivity index (χ0v) is 45.1. The molecule has 1 fully saturated rings. The number of fused-ring (bicyclic) bond motifs is 3. The Balaban J connectivity index is 0.848. The summed E-state index contributed by atoms with van der Waals surface area (Å²) in [5.74, 6) is -11.5. The molecule has 32 heteroatoms. The number of likely N-dealkylation sites (tertiary alicyclic amines) is 1. The van der Waals surface area contributed by atoms with E-state index in [1.165, 1.54) is 42.6 Å². The summed E-state index contributed by atoms with van der Waals surface area (Å²) >= 11 is 0.796. The summed E-state index contributed by atoms with van der Waals surface area (Å²) in [6.07, 6.45) is -0.398. The van der Waals surface area contributed by atoms with Gasteiger partial charge in [0.1, 0.15) is 16.7 Å². The summed E-state index contributed by atoms with van der Waals surface area (Å²) in [6.45, 7) is 2.96. The van der Waals surface area contributed by atoms with E-state index >= 15 is 0 Å². The maximum Gasteiger partial charge on any atom is 0.336 e. The van der Waals surface area contributed by atoms with Crippen LogP contribution < -0.4 is 48.2 Å². The molecule has 432 valence electrons. The average molecular weight is 1200 g/mol. The van der Waals surface area contributed by atoms with E-state index in [0.717, 1.165) is 47.0 Å². The zero-order valence-electron chi connectivity index (χ0n) is 42.6. The van der Waals surface area contributed by atoms with Crippen molar-refractivity contribution in [2.24, 2.45) is 5.92 Å². The van der Waals surface area contributed by atoms with Crippen molar-refractivity contribution in [3.63, 3.8) is 0 Å². The number of ether oxygens (including phenoxy) is 1. The number of hydrogen-bond donors (Lipinski definition) is 11. The number of carboxylic acid groups (broad SMARTS) is 3. The lowest BCUT2D eigenvalue weighted by atomic mass is 9.88. The summed E-state index contributed by atoms with van der Waals surface area (Å²) in [5.41, 5.74) is 9.81. The molecule has 4 heterocycles. The molecule has 0 aliphatic carbocycles. The van der Waals surface area contributed by atoms with E-state index in [-0.39, 0.29) is 87.2 Å². The summed E-state index contributed by atoms with van der Waals surface area (Å²) in [4.78, 5) is 129. The largest absolute Gasteiger partial charge is 0.481 e. The van der Waals surface area contributed by atoms with E-state index in [0.29, 0.717) is 11.4 Å². The molecule has 6 aromatic rings. The van der Waals surface area contributed by atoms with Crippen LogP contribution in [0.2, 0.25) is 0 Å². The van der Waals surface area contributed by atoms with E-state index in [1.807, 2.05) is 0 Å². The molecule has 83 heavy (non-hydrogen) atoms. The van der Waals surface area contributed by atoms with Gasteiger partial charge in [0.05, 0.1) is 40.9 Å². The lowest BCUT2D eigenvalue weighted by Crippen LogP contribution is -2.41. The molecule has 2 aliphatic rings. The first-order valence-electron chi connectivity index (χ1n) is 24.3. The monoisotopic (exact) mass is 1200 g/mol. The fraction of sp³-hybridized carbons (Fsp3) is 0.216. The number of aromatic nitrogens is 4. The first-order valence-corrected chi connectivity index (χ1v) is 28.2. The van der Waals surface area contributed by atoms with Crippen molar-refractivity contribution in [3.8, 4) is 11.5 Å². The fourth-order valence-electron chi connectivity index (χ4n) is 8.96. The number of thioether (sulfide) groups is 1. The molecule has 2 aromatic heterocycles. The number of H-pyrrole nitrogens is 1. The number of carboxylic acids is 3. The van der Waals surface area contributed by atoms with Crippen LogP contribution in [0.4, 0.5) is 17.3 Å². The minimum atomic E-state index is -5.22. The predicted molar refractivity (Wildman–Crippen MR) is 292 cm³/mol. The minimum absolute atomic E-state index is 0.0186. The van der Waals surface area contributed by atoms with Gasteiger partial charge in [-0.05, 0) is 71.8 Å². The minimum Gasteiger partial charge on any atom is -0.481 e. The van der Waals surface area contributed by atoms with Crippen molar-refractivity contribution in [2.75, 3.05) is 35.6 Å². The molecule has 0 bridgehead atoms. The quantitative estimate of drug-likeness (QED) is 0.0234. The Hall–Kier alpha value is -9.63. The smallest absolute Gasteiger partial charge is 0.336 e. The van der Waals surface area contributed by atoms with Crippen molar-refractivity contribution >= 4 is 120 Å². The number of carbonyl (C=O) groups is 8. The SMILES string of the molecule is C=c1ccc2c(c1S(=O)(=O)O)Oc1c(ccc(N)c1S(=O)(=O)O)C=2c1ccc(C(=O)NCCN2C(=O)CC(SC[C@H](CC(=O)CC[C@H](NC(=O)c3ccc(NCc4cnc5nc(N)[nH]c(=O)c5n4)cc3)C(=O)O)C(=O)O)C2=O)cc1C(=O)O. The lowest BCUT2D eigenvalue weighted by molar-refractivity contribution is -0.143. The highest BCUT2D eigenvalue weighted by atomic mass is 32.2. The Labute approximate surface area is 471 Å². The number of imide groups is 1. The number of aliphatic carboxylic acids is 2. The highest BCUT2D eigenvalue weighted by molar-refractivity contribution is 8.00. The third-order valence-corrected chi connectivity index (χ3v) is 16.2. The maximum atomic E-state index is 13.5. The number of nitrogens with zero attached hydrogens (tertiary/aromatic N) is 4. The first kappa shape index (κ1) is 59.5. The number of Topliss-reactive ketones (excluding diaryl/α,β-unsaturated/α-hetero) is 1. The van der Waals surface area contributed by atoms with Crippen molar-refractivity contribution < 1.29 is 84.4 Å². The van der Waals surface area contributed by atoms with Crippen LogP contribution in [-0.4, -0.2) is 144 Å². The highest BCUT2D eigenvalue weighted by Gasteiger charge is 2.40. The van der Waals surface area contributed by atoms with Crippen molar-refractivity contribution in [1.29, 1.82) is 0 Å². The fourth-order valence-corrected chi connectivity index (χ4v) is 11.8. The molecular formula is C51H46N10O19S3. The van der Waals surface area contributed by atoms with Crippen LogP contribution in [0.15, 0.2) is 87.5 Å². The van der Waals surface area contributed by atoms with E-state index in [4.69, 9.17) is 16.2 Å². The van der Waals surface area contributed by atoms with Crippen LogP contribution in [0.5, 0.6) is 11.5 Å². The Morgan fingerprint density at radius 2 is 1.53 bits per heavy atom. The maximum absolute atomic E-state index is 13.5. The van der Waals surface area contributed by atoms with Gasteiger partial charge in [-0.1, -0.05) is 18.7 Å². The van der Waals surface area contributed by atoms with E-state index in [2.05, 4.69) is 42.5 Å². The number of benzene rings is 4. The third kappa shape index (κ3) is 13.1. The Morgan fingerprint density at radius 1 is 0.843 bits per heavy atom. The molecule has 2 aliphatic heterocycles. The number of nitrogen functional groups attached to an aromatic ring is 2. The molecule has 13 N–H and O–H groups in total. The molecule has 1 unspecified atom stereocenters.